The van der Waals surface area contributed by atoms with E-state index in [0.29, 0.717) is 11.3 Å². The number of rotatable bonds is 9. The summed E-state index contributed by atoms with van der Waals surface area (Å²) in [6.07, 6.45) is 2.67. The van der Waals surface area contributed by atoms with Crippen LogP contribution in [0.3, 0.4) is 0 Å². The average Bonchev–Trinajstić information content (AvgIpc) is 3.30. The first-order valence-electron chi connectivity index (χ1n) is 13.0. The van der Waals surface area contributed by atoms with Gasteiger partial charge in [-0.15, -0.1) is 0 Å². The van der Waals surface area contributed by atoms with Crippen molar-refractivity contribution in [2.45, 2.75) is 57.8 Å². The van der Waals surface area contributed by atoms with E-state index in [2.05, 4.69) is 47.7 Å². The zero-order valence-electron chi connectivity index (χ0n) is 22.6. The molecule has 0 radical (unpaired) electrons. The molecule has 38 heavy (non-hydrogen) atoms. The Morgan fingerprint density at radius 2 is 1.76 bits per heavy atom. The van der Waals surface area contributed by atoms with Crippen LogP contribution in [0.15, 0.2) is 70.7 Å². The molecule has 0 aromatic heterocycles. The highest BCUT2D eigenvalue weighted by molar-refractivity contribution is 7.90. The summed E-state index contributed by atoms with van der Waals surface area (Å²) in [7, 11) is -4.05. The van der Waals surface area contributed by atoms with Gasteiger partial charge in [0.25, 0.3) is 15.9 Å². The van der Waals surface area contributed by atoms with Crippen LogP contribution in [0.5, 0.6) is 5.75 Å². The Kier molecular flexibility index (Phi) is 8.21. The summed E-state index contributed by atoms with van der Waals surface area (Å²) in [6, 6.07) is 17.7. The van der Waals surface area contributed by atoms with Crippen LogP contribution in [0.4, 0.5) is 5.69 Å². The molecule has 0 fully saturated rings. The molecule has 1 aliphatic heterocycles. The molecular weight excluding hydrogens is 498 g/mol. The van der Waals surface area contributed by atoms with Gasteiger partial charge in [0.2, 0.25) is 0 Å². The molecule has 0 atom stereocenters. The number of carbonyl (C=O) groups excluding carboxylic acids is 1. The zero-order chi connectivity index (χ0) is 27.4. The molecule has 4 rings (SSSR count). The minimum atomic E-state index is -4.05. The summed E-state index contributed by atoms with van der Waals surface area (Å²) in [4.78, 5) is 20.7. The SMILES string of the molecule is CCN1CCc2cc(/C=N/Oc3ccc(C(=O)NS(=O)(=O)c4ccc(C(C)C)cc4C(C)C)cc3)ccc21. The van der Waals surface area contributed by atoms with Gasteiger partial charge in [-0.3, -0.25) is 4.79 Å². The van der Waals surface area contributed by atoms with Gasteiger partial charge in [0.05, 0.1) is 11.1 Å². The number of hydrogen-bond acceptors (Lipinski definition) is 6. The van der Waals surface area contributed by atoms with Gasteiger partial charge in [-0.25, -0.2) is 13.1 Å². The maximum atomic E-state index is 13.1. The van der Waals surface area contributed by atoms with Crippen LogP contribution >= 0.6 is 0 Å². The standard InChI is InChI=1S/C30H35N3O4S/c1-6-33-16-15-25-17-22(7-13-28(25)33)19-31-37-26-11-8-23(9-12-26)30(34)32-38(35,36)29-14-10-24(20(2)3)18-27(29)21(4)5/h7-14,17-21H,6,15-16H2,1-5H3,(H,32,34)/b31-19+. The highest BCUT2D eigenvalue weighted by atomic mass is 32.2. The van der Waals surface area contributed by atoms with Crippen LogP contribution in [0.2, 0.25) is 0 Å². The minimum Gasteiger partial charge on any atom is -0.371 e. The Morgan fingerprint density at radius 3 is 2.42 bits per heavy atom. The topological polar surface area (TPSA) is 88.1 Å². The number of sulfonamides is 1. The predicted octanol–water partition coefficient (Wildman–Crippen LogP) is 5.85. The Labute approximate surface area is 225 Å². The largest absolute Gasteiger partial charge is 0.371 e. The first-order chi connectivity index (χ1) is 18.1. The molecule has 1 N–H and O–H groups in total. The van der Waals surface area contributed by atoms with Crippen molar-refractivity contribution < 1.29 is 18.0 Å². The second-order valence-corrected chi connectivity index (χ2v) is 11.8. The summed E-state index contributed by atoms with van der Waals surface area (Å²) in [6.45, 7) is 12.2. The fourth-order valence-electron chi connectivity index (χ4n) is 4.57. The summed E-state index contributed by atoms with van der Waals surface area (Å²) in [5.41, 5.74) is 5.46. The number of fused-ring (bicyclic) bond motifs is 1. The van der Waals surface area contributed by atoms with Crippen LogP contribution in [-0.4, -0.2) is 33.6 Å². The third-order valence-corrected chi connectivity index (χ3v) is 8.20. The van der Waals surface area contributed by atoms with Crippen molar-refractivity contribution in [3.63, 3.8) is 0 Å². The molecule has 1 heterocycles. The molecule has 3 aromatic rings. The van der Waals surface area contributed by atoms with Gasteiger partial charge in [-0.2, -0.15) is 0 Å². The number of carbonyl (C=O) groups is 1. The van der Waals surface area contributed by atoms with Crippen molar-refractivity contribution in [1.82, 2.24) is 4.72 Å². The predicted molar refractivity (Wildman–Crippen MR) is 152 cm³/mol. The molecule has 0 spiro atoms. The van der Waals surface area contributed by atoms with Crippen LogP contribution in [-0.2, 0) is 16.4 Å². The number of nitrogens with one attached hydrogen (secondary N) is 1. The van der Waals surface area contributed by atoms with Gasteiger partial charge < -0.3 is 9.74 Å². The summed E-state index contributed by atoms with van der Waals surface area (Å²) in [5, 5.41) is 4.06. The molecule has 0 bridgehead atoms. The molecule has 0 aliphatic carbocycles. The summed E-state index contributed by atoms with van der Waals surface area (Å²) in [5.74, 6) is -0.0217. The van der Waals surface area contributed by atoms with Crippen molar-refractivity contribution in [1.29, 1.82) is 0 Å². The number of benzene rings is 3. The van der Waals surface area contributed by atoms with Crippen LogP contribution < -0.4 is 14.5 Å². The number of anilines is 1. The molecule has 1 amide bonds. The number of nitrogens with zero attached hydrogens (tertiary/aromatic N) is 2. The second kappa shape index (κ2) is 11.4. The lowest BCUT2D eigenvalue weighted by molar-refractivity contribution is 0.0981. The molecule has 8 heteroatoms. The van der Waals surface area contributed by atoms with Crippen molar-refractivity contribution in [2.75, 3.05) is 18.0 Å². The molecule has 7 nitrogen and oxygen atoms in total. The van der Waals surface area contributed by atoms with Gasteiger partial charge in [0, 0.05) is 24.3 Å². The van der Waals surface area contributed by atoms with E-state index in [1.54, 1.807) is 30.5 Å². The monoisotopic (exact) mass is 533 g/mol. The fourth-order valence-corrected chi connectivity index (χ4v) is 5.90. The number of amides is 1. The Bertz CT molecular complexity index is 1440. The van der Waals surface area contributed by atoms with Gasteiger partial charge >= 0.3 is 0 Å². The molecule has 1 aliphatic rings. The minimum absolute atomic E-state index is 0.0183. The third kappa shape index (κ3) is 6.07. The molecule has 0 saturated carbocycles. The quantitative estimate of drug-likeness (QED) is 0.275. The van der Waals surface area contributed by atoms with E-state index in [4.69, 9.17) is 4.84 Å². The lowest BCUT2D eigenvalue weighted by atomic mass is 9.96. The first-order valence-corrected chi connectivity index (χ1v) is 14.5. The number of oxime groups is 1. The van der Waals surface area contributed by atoms with E-state index in [1.807, 2.05) is 26.0 Å². The van der Waals surface area contributed by atoms with Crippen LogP contribution in [0, 0.1) is 0 Å². The fraction of sp³-hybridized carbons (Fsp3) is 0.333. The lowest BCUT2D eigenvalue weighted by Crippen LogP contribution is -2.31. The molecule has 200 valence electrons. The maximum Gasteiger partial charge on any atom is 0.265 e. The average molecular weight is 534 g/mol. The molecule has 3 aromatic carbocycles. The zero-order valence-corrected chi connectivity index (χ0v) is 23.4. The Hall–Kier alpha value is -3.65. The van der Waals surface area contributed by atoms with Gasteiger partial charge in [-0.05, 0) is 89.9 Å². The van der Waals surface area contributed by atoms with E-state index in [9.17, 15) is 13.2 Å². The number of likely N-dealkylation sites (N-methyl/N-ethyl adjacent to an activating group) is 1. The van der Waals surface area contributed by atoms with Crippen LogP contribution in [0.25, 0.3) is 0 Å². The first kappa shape index (κ1) is 27.4. The van der Waals surface area contributed by atoms with Crippen molar-refractivity contribution in [3.8, 4) is 5.75 Å². The smallest absolute Gasteiger partial charge is 0.265 e. The van der Waals surface area contributed by atoms with E-state index in [-0.39, 0.29) is 22.3 Å². The van der Waals surface area contributed by atoms with Crippen molar-refractivity contribution >= 4 is 27.8 Å². The van der Waals surface area contributed by atoms with Gasteiger partial charge in [0.1, 0.15) is 0 Å². The van der Waals surface area contributed by atoms with E-state index < -0.39 is 15.9 Å². The molecule has 0 unspecified atom stereocenters. The van der Waals surface area contributed by atoms with Gasteiger partial charge in [0.15, 0.2) is 5.75 Å². The van der Waals surface area contributed by atoms with Crippen molar-refractivity contribution in [3.05, 3.63) is 88.5 Å². The summed E-state index contributed by atoms with van der Waals surface area (Å²) >= 11 is 0. The number of hydrogen-bond donors (Lipinski definition) is 1. The normalized spacial score (nSPS) is 13.4. The lowest BCUT2D eigenvalue weighted by Gasteiger charge is -2.17. The maximum absolute atomic E-state index is 13.1. The Balaban J connectivity index is 1.41. The van der Waals surface area contributed by atoms with E-state index in [0.717, 1.165) is 30.6 Å². The highest BCUT2D eigenvalue weighted by Crippen LogP contribution is 2.29. The Morgan fingerprint density at radius 1 is 1.03 bits per heavy atom. The van der Waals surface area contributed by atoms with Gasteiger partial charge in [-0.1, -0.05) is 51.0 Å². The third-order valence-electron chi connectivity index (χ3n) is 6.79. The second-order valence-electron chi connectivity index (χ2n) is 10.1. The molecular formula is C30H35N3O4S. The van der Waals surface area contributed by atoms with Crippen LogP contribution in [0.1, 0.15) is 79.1 Å². The van der Waals surface area contributed by atoms with E-state index in [1.165, 1.54) is 23.4 Å². The van der Waals surface area contributed by atoms with E-state index >= 15 is 0 Å². The summed E-state index contributed by atoms with van der Waals surface area (Å²) < 4.78 is 28.4. The van der Waals surface area contributed by atoms with Crippen molar-refractivity contribution in [2.24, 2.45) is 5.16 Å². The highest BCUT2D eigenvalue weighted by Gasteiger charge is 2.24. The molecule has 0 saturated heterocycles.